The van der Waals surface area contributed by atoms with Gasteiger partial charge >= 0.3 is 0 Å². The summed E-state index contributed by atoms with van der Waals surface area (Å²) in [7, 11) is -2.93. The predicted molar refractivity (Wildman–Crippen MR) is 113 cm³/mol. The normalized spacial score (nSPS) is 23.0. The summed E-state index contributed by atoms with van der Waals surface area (Å²) >= 11 is 2.05. The van der Waals surface area contributed by atoms with Gasteiger partial charge in [-0.3, -0.25) is 9.89 Å². The highest BCUT2D eigenvalue weighted by molar-refractivity contribution is 7.99. The van der Waals surface area contributed by atoms with E-state index in [1.807, 2.05) is 6.92 Å². The van der Waals surface area contributed by atoms with E-state index in [1.54, 1.807) is 0 Å². The molecule has 2 fully saturated rings. The molecule has 1 saturated carbocycles. The van der Waals surface area contributed by atoms with E-state index in [0.717, 1.165) is 19.0 Å². The van der Waals surface area contributed by atoms with E-state index in [9.17, 15) is 8.42 Å². The lowest BCUT2D eigenvalue weighted by Crippen LogP contribution is -2.53. The van der Waals surface area contributed by atoms with Crippen molar-refractivity contribution in [2.75, 3.05) is 49.7 Å². The first-order valence-corrected chi connectivity index (χ1v) is 13.1. The predicted octanol–water partition coefficient (Wildman–Crippen LogP) is 1.73. The Bertz CT molecular complexity index is 554. The van der Waals surface area contributed by atoms with Gasteiger partial charge in [-0.1, -0.05) is 12.8 Å². The Hall–Kier alpha value is -0.470. The molecule has 1 aliphatic carbocycles. The Morgan fingerprint density at radius 3 is 2.50 bits per heavy atom. The van der Waals surface area contributed by atoms with E-state index in [2.05, 4.69) is 34.2 Å². The minimum Gasteiger partial charge on any atom is -0.357 e. The van der Waals surface area contributed by atoms with Crippen LogP contribution >= 0.6 is 11.8 Å². The number of hydrogen-bond acceptors (Lipinski definition) is 5. The molecular weight excluding hydrogens is 368 g/mol. The fraction of sp³-hybridized carbons (Fsp3) is 0.944. The summed E-state index contributed by atoms with van der Waals surface area (Å²) in [5.41, 5.74) is 0.222. The van der Waals surface area contributed by atoms with E-state index in [-0.39, 0.29) is 17.3 Å². The number of sulfone groups is 1. The quantitative estimate of drug-likeness (QED) is 0.474. The van der Waals surface area contributed by atoms with Crippen molar-refractivity contribution in [1.29, 1.82) is 0 Å². The largest absolute Gasteiger partial charge is 0.357 e. The zero-order valence-electron chi connectivity index (χ0n) is 16.6. The van der Waals surface area contributed by atoms with Crippen LogP contribution in [0, 0.1) is 0 Å². The van der Waals surface area contributed by atoms with Crippen LogP contribution in [-0.4, -0.2) is 80.6 Å². The molecule has 1 atom stereocenters. The van der Waals surface area contributed by atoms with Crippen LogP contribution in [0.2, 0.25) is 0 Å². The number of nitrogens with one attached hydrogen (secondary N) is 2. The van der Waals surface area contributed by atoms with Crippen LogP contribution in [0.5, 0.6) is 0 Å². The fourth-order valence-corrected chi connectivity index (χ4v) is 5.57. The van der Waals surface area contributed by atoms with Crippen LogP contribution in [0.3, 0.4) is 0 Å². The summed E-state index contributed by atoms with van der Waals surface area (Å²) in [6.45, 7) is 8.06. The van der Waals surface area contributed by atoms with Gasteiger partial charge in [0.25, 0.3) is 0 Å². The van der Waals surface area contributed by atoms with Crippen molar-refractivity contribution in [3.63, 3.8) is 0 Å². The molecule has 0 bridgehead atoms. The molecule has 152 valence electrons. The maximum absolute atomic E-state index is 11.4. The summed E-state index contributed by atoms with van der Waals surface area (Å²) in [6, 6.07) is 0.0773. The molecule has 0 spiro atoms. The van der Waals surface area contributed by atoms with Gasteiger partial charge in [-0.05, 0) is 33.1 Å². The number of rotatable bonds is 8. The number of thioether (sulfide) groups is 1. The van der Waals surface area contributed by atoms with Crippen LogP contribution in [0.1, 0.15) is 46.0 Å². The first kappa shape index (κ1) is 21.8. The van der Waals surface area contributed by atoms with Crippen LogP contribution in [0.4, 0.5) is 0 Å². The topological polar surface area (TPSA) is 73.8 Å². The zero-order valence-corrected chi connectivity index (χ0v) is 18.2. The van der Waals surface area contributed by atoms with Gasteiger partial charge in [-0.2, -0.15) is 11.8 Å². The van der Waals surface area contributed by atoms with Crippen molar-refractivity contribution in [2.45, 2.75) is 57.5 Å². The molecule has 2 aliphatic rings. The van der Waals surface area contributed by atoms with Crippen LogP contribution in [0.25, 0.3) is 0 Å². The smallest absolute Gasteiger partial charge is 0.191 e. The van der Waals surface area contributed by atoms with Crippen LogP contribution in [-0.2, 0) is 9.84 Å². The molecule has 0 radical (unpaired) electrons. The number of hydrogen-bond donors (Lipinski definition) is 2. The molecule has 1 saturated heterocycles. The Morgan fingerprint density at radius 1 is 1.27 bits per heavy atom. The molecule has 1 heterocycles. The highest BCUT2D eigenvalue weighted by atomic mass is 32.2. The zero-order chi connectivity index (χ0) is 19.0. The second kappa shape index (κ2) is 10.2. The lowest BCUT2D eigenvalue weighted by Gasteiger charge is -2.42. The van der Waals surface area contributed by atoms with Gasteiger partial charge < -0.3 is 10.6 Å². The van der Waals surface area contributed by atoms with E-state index >= 15 is 0 Å². The fourth-order valence-electron chi connectivity index (χ4n) is 3.89. The molecule has 0 aromatic heterocycles. The Kier molecular flexibility index (Phi) is 8.54. The van der Waals surface area contributed by atoms with Gasteiger partial charge in [-0.25, -0.2) is 8.42 Å². The maximum Gasteiger partial charge on any atom is 0.191 e. The van der Waals surface area contributed by atoms with Crippen molar-refractivity contribution < 1.29 is 8.42 Å². The number of guanidine groups is 1. The number of aliphatic imine (C=N–C) groups is 1. The summed E-state index contributed by atoms with van der Waals surface area (Å²) in [6.07, 6.45) is 6.97. The van der Waals surface area contributed by atoms with Gasteiger partial charge in [0.05, 0.1) is 12.3 Å². The molecule has 2 rings (SSSR count). The molecule has 26 heavy (non-hydrogen) atoms. The van der Waals surface area contributed by atoms with E-state index in [0.29, 0.717) is 6.42 Å². The van der Waals surface area contributed by atoms with Crippen molar-refractivity contribution in [2.24, 2.45) is 4.99 Å². The first-order valence-electron chi connectivity index (χ1n) is 9.90. The summed E-state index contributed by atoms with van der Waals surface area (Å²) < 4.78 is 22.8. The molecular formula is C18H36N4O2S2. The third-order valence-electron chi connectivity index (χ3n) is 5.40. The molecule has 1 aliphatic heterocycles. The lowest BCUT2D eigenvalue weighted by molar-refractivity contribution is 0.112. The average molecular weight is 405 g/mol. The van der Waals surface area contributed by atoms with Crippen LogP contribution in [0.15, 0.2) is 4.99 Å². The second-order valence-electron chi connectivity index (χ2n) is 7.69. The third kappa shape index (κ3) is 6.93. The minimum absolute atomic E-state index is 0.0773. The highest BCUT2D eigenvalue weighted by Crippen LogP contribution is 2.37. The van der Waals surface area contributed by atoms with Crippen molar-refractivity contribution >= 4 is 27.6 Å². The monoisotopic (exact) mass is 404 g/mol. The Labute approximate surface area is 163 Å². The standard InChI is InChI=1S/C18H36N4O2S2/c1-4-19-17(21-16(2)7-14-26(3,23)24)20-15-18(8-5-6-9-18)22-10-12-25-13-11-22/h16H,4-15H2,1-3H3,(H2,19,20,21). The molecule has 0 aromatic rings. The van der Waals surface area contributed by atoms with Gasteiger partial charge in [0.1, 0.15) is 9.84 Å². The minimum atomic E-state index is -2.93. The Morgan fingerprint density at radius 2 is 1.92 bits per heavy atom. The van der Waals surface area contributed by atoms with Crippen molar-refractivity contribution in [3.05, 3.63) is 0 Å². The SMILES string of the molecule is CCNC(=NCC1(N2CCSCC2)CCCC1)NC(C)CCS(C)(=O)=O. The Balaban J connectivity index is 1.99. The first-order chi connectivity index (χ1) is 12.3. The summed E-state index contributed by atoms with van der Waals surface area (Å²) in [4.78, 5) is 7.60. The summed E-state index contributed by atoms with van der Waals surface area (Å²) in [5, 5.41) is 6.71. The lowest BCUT2D eigenvalue weighted by atomic mass is 9.95. The molecule has 0 amide bonds. The van der Waals surface area contributed by atoms with E-state index < -0.39 is 9.84 Å². The van der Waals surface area contributed by atoms with Crippen molar-refractivity contribution in [1.82, 2.24) is 15.5 Å². The average Bonchev–Trinajstić information content (AvgIpc) is 3.09. The number of nitrogens with zero attached hydrogens (tertiary/aromatic N) is 2. The van der Waals surface area contributed by atoms with Gasteiger partial charge in [0.2, 0.25) is 0 Å². The molecule has 1 unspecified atom stereocenters. The molecule has 8 heteroatoms. The molecule has 0 aromatic carbocycles. The van der Waals surface area contributed by atoms with Gasteiger partial charge in [-0.15, -0.1) is 0 Å². The van der Waals surface area contributed by atoms with E-state index in [1.165, 1.54) is 56.5 Å². The highest BCUT2D eigenvalue weighted by Gasteiger charge is 2.39. The van der Waals surface area contributed by atoms with Gasteiger partial charge in [0, 0.05) is 49.0 Å². The molecule has 6 nitrogen and oxygen atoms in total. The second-order valence-corrected chi connectivity index (χ2v) is 11.2. The van der Waals surface area contributed by atoms with Gasteiger partial charge in [0.15, 0.2) is 5.96 Å². The molecule has 2 N–H and O–H groups in total. The van der Waals surface area contributed by atoms with Crippen molar-refractivity contribution in [3.8, 4) is 0 Å². The maximum atomic E-state index is 11.4. The van der Waals surface area contributed by atoms with E-state index in [4.69, 9.17) is 4.99 Å². The van der Waals surface area contributed by atoms with Crippen LogP contribution < -0.4 is 10.6 Å². The third-order valence-corrected chi connectivity index (χ3v) is 7.32. The summed E-state index contributed by atoms with van der Waals surface area (Å²) in [5.74, 6) is 3.47.